The number of pyridine rings is 1. The lowest BCUT2D eigenvalue weighted by Crippen LogP contribution is -2.46. The number of amides is 4. The largest absolute Gasteiger partial charge is 0.495 e. The quantitative estimate of drug-likeness (QED) is 0.616. The molecule has 2 aliphatic rings. The zero-order valence-corrected chi connectivity index (χ0v) is 15.6. The molecule has 3 rings (SSSR count). The van der Waals surface area contributed by atoms with Crippen molar-refractivity contribution in [1.82, 2.24) is 20.5 Å². The third-order valence-corrected chi connectivity index (χ3v) is 5.01. The van der Waals surface area contributed by atoms with Gasteiger partial charge in [-0.2, -0.15) is 0 Å². The molecule has 9 heteroatoms. The van der Waals surface area contributed by atoms with Gasteiger partial charge in [-0.25, -0.2) is 4.79 Å². The van der Waals surface area contributed by atoms with Crippen molar-refractivity contribution in [2.75, 3.05) is 13.7 Å². The van der Waals surface area contributed by atoms with Crippen LogP contribution < -0.4 is 15.4 Å². The Balaban J connectivity index is 1.73. The Bertz CT molecular complexity index is 760. The summed E-state index contributed by atoms with van der Waals surface area (Å²) in [6.45, 7) is 2.81. The van der Waals surface area contributed by atoms with Crippen molar-refractivity contribution >= 4 is 17.8 Å². The van der Waals surface area contributed by atoms with Gasteiger partial charge < -0.3 is 20.5 Å². The molecule has 0 spiro atoms. The van der Waals surface area contributed by atoms with Gasteiger partial charge in [-0.1, -0.05) is 0 Å². The van der Waals surface area contributed by atoms with Gasteiger partial charge in [0, 0.05) is 6.20 Å². The van der Waals surface area contributed by atoms with Crippen LogP contribution in [-0.2, 0) is 9.59 Å². The minimum atomic E-state index is -1.02. The van der Waals surface area contributed by atoms with Crippen LogP contribution in [0, 0.1) is 5.92 Å². The summed E-state index contributed by atoms with van der Waals surface area (Å²) in [5.74, 6) is -0.299. The van der Waals surface area contributed by atoms with Gasteiger partial charge in [0.05, 0.1) is 25.5 Å². The molecule has 1 atom stereocenters. The number of carbonyl (C=O) groups excluding carboxylic acids is 3. The fraction of sp³-hybridized carbons (Fsp3) is 0.556. The summed E-state index contributed by atoms with van der Waals surface area (Å²) in [6.07, 6.45) is 3.92. The average Bonchev–Trinajstić information content (AvgIpc) is 2.79. The summed E-state index contributed by atoms with van der Waals surface area (Å²) in [7, 11) is 1.53. The van der Waals surface area contributed by atoms with Crippen LogP contribution in [0.3, 0.4) is 0 Å². The number of aliphatic hydroxyl groups is 1. The summed E-state index contributed by atoms with van der Waals surface area (Å²) in [6, 6.07) is 0.801. The highest BCUT2D eigenvalue weighted by Gasteiger charge is 2.45. The van der Waals surface area contributed by atoms with E-state index < -0.39 is 29.4 Å². The first-order valence-corrected chi connectivity index (χ1v) is 8.81. The van der Waals surface area contributed by atoms with Crippen LogP contribution in [0.1, 0.15) is 38.3 Å². The Morgan fingerprint density at radius 3 is 2.70 bits per heavy atom. The number of nitrogens with one attached hydrogen (secondary N) is 2. The molecule has 1 aromatic rings. The lowest BCUT2D eigenvalue weighted by atomic mass is 9.75. The second-order valence-corrected chi connectivity index (χ2v) is 7.54. The second-order valence-electron chi connectivity index (χ2n) is 7.54. The van der Waals surface area contributed by atoms with E-state index in [4.69, 9.17) is 4.74 Å². The Morgan fingerprint density at radius 1 is 1.44 bits per heavy atom. The molecule has 4 amide bonds. The van der Waals surface area contributed by atoms with Crippen molar-refractivity contribution in [3.05, 3.63) is 24.0 Å². The van der Waals surface area contributed by atoms with Gasteiger partial charge in [0.25, 0.3) is 5.91 Å². The number of aromatic nitrogens is 1. The van der Waals surface area contributed by atoms with Gasteiger partial charge in [-0.15, -0.1) is 0 Å². The first-order chi connectivity index (χ1) is 12.7. The van der Waals surface area contributed by atoms with Gasteiger partial charge in [-0.3, -0.25) is 19.5 Å². The fourth-order valence-electron chi connectivity index (χ4n) is 3.42. The standard InChI is InChI=1S/C18H24N4O5/c1-18(2)16(25)22(17(26)21-18)9-14(24)20-15(10-4-12(23)5-10)11-6-13(27-3)8-19-7-11/h6-8,10,12,15,23H,4-5,9H2,1-3H3,(H,20,24)(H,21,26)/t10?,12?,15-/m1/s1. The number of carbonyl (C=O) groups is 3. The van der Waals surface area contributed by atoms with Crippen molar-refractivity contribution < 1.29 is 24.2 Å². The molecule has 9 nitrogen and oxygen atoms in total. The third-order valence-electron chi connectivity index (χ3n) is 5.01. The molecule has 146 valence electrons. The number of hydrogen-bond acceptors (Lipinski definition) is 6. The number of nitrogens with zero attached hydrogens (tertiary/aromatic N) is 2. The number of ether oxygens (including phenoxy) is 1. The monoisotopic (exact) mass is 376 g/mol. The van der Waals surface area contributed by atoms with Gasteiger partial charge in [0.15, 0.2) is 0 Å². The van der Waals surface area contributed by atoms with Gasteiger partial charge in [0.2, 0.25) is 5.91 Å². The molecule has 1 aromatic heterocycles. The number of rotatable bonds is 6. The molecule has 1 aliphatic heterocycles. The second kappa shape index (κ2) is 7.15. The molecular weight excluding hydrogens is 352 g/mol. The molecule has 0 unspecified atom stereocenters. The Morgan fingerprint density at radius 2 is 2.15 bits per heavy atom. The highest BCUT2D eigenvalue weighted by Crippen LogP contribution is 2.38. The van der Waals surface area contributed by atoms with Crippen LogP contribution in [0.4, 0.5) is 4.79 Å². The summed E-state index contributed by atoms with van der Waals surface area (Å²) in [4.78, 5) is 41.8. The highest BCUT2D eigenvalue weighted by atomic mass is 16.5. The molecule has 1 aliphatic carbocycles. The number of aliphatic hydroxyl groups excluding tert-OH is 1. The molecule has 1 saturated carbocycles. The normalized spacial score (nSPS) is 24.8. The van der Waals surface area contributed by atoms with E-state index in [1.807, 2.05) is 0 Å². The Kier molecular flexibility index (Phi) is 5.05. The van der Waals surface area contributed by atoms with E-state index in [2.05, 4.69) is 15.6 Å². The SMILES string of the molecule is COc1cncc([C@H](NC(=O)CN2C(=O)NC(C)(C)C2=O)C2CC(O)C2)c1. The van der Waals surface area contributed by atoms with Crippen LogP contribution >= 0.6 is 0 Å². The lowest BCUT2D eigenvalue weighted by Gasteiger charge is -2.38. The Hall–Kier alpha value is -2.68. The van der Waals surface area contributed by atoms with Crippen LogP contribution in [0.2, 0.25) is 0 Å². The summed E-state index contributed by atoms with van der Waals surface area (Å²) in [5, 5.41) is 15.1. The number of urea groups is 1. The van der Waals surface area contributed by atoms with Crippen LogP contribution in [0.25, 0.3) is 0 Å². The number of hydrogen-bond donors (Lipinski definition) is 3. The maximum absolute atomic E-state index is 12.6. The van der Waals surface area contributed by atoms with Crippen molar-refractivity contribution in [1.29, 1.82) is 0 Å². The molecule has 1 saturated heterocycles. The molecule has 27 heavy (non-hydrogen) atoms. The first kappa shape index (κ1) is 19.1. The van der Waals surface area contributed by atoms with Crippen LogP contribution in [0.15, 0.2) is 18.5 Å². The maximum Gasteiger partial charge on any atom is 0.325 e. The van der Waals surface area contributed by atoms with Crippen molar-refractivity contribution in [3.8, 4) is 5.75 Å². The minimum Gasteiger partial charge on any atom is -0.495 e. The molecule has 3 N–H and O–H groups in total. The zero-order chi connectivity index (χ0) is 19.8. The maximum atomic E-state index is 12.6. The van der Waals surface area contributed by atoms with E-state index in [1.54, 1.807) is 32.3 Å². The smallest absolute Gasteiger partial charge is 0.325 e. The van der Waals surface area contributed by atoms with Gasteiger partial charge in [0.1, 0.15) is 17.8 Å². The van der Waals surface area contributed by atoms with E-state index >= 15 is 0 Å². The van der Waals surface area contributed by atoms with E-state index in [-0.39, 0.29) is 18.6 Å². The average molecular weight is 376 g/mol. The van der Waals surface area contributed by atoms with E-state index in [0.29, 0.717) is 18.6 Å². The van der Waals surface area contributed by atoms with Crippen molar-refractivity contribution in [2.45, 2.75) is 44.4 Å². The minimum absolute atomic E-state index is 0.0393. The topological polar surface area (TPSA) is 121 Å². The number of methoxy groups -OCH3 is 1. The molecule has 2 heterocycles. The van der Waals surface area contributed by atoms with Gasteiger partial charge in [-0.05, 0) is 44.2 Å². The summed E-state index contributed by atoms with van der Waals surface area (Å²) in [5.41, 5.74) is -0.275. The first-order valence-electron chi connectivity index (χ1n) is 8.81. The molecule has 2 fully saturated rings. The predicted molar refractivity (Wildman–Crippen MR) is 94.7 cm³/mol. The summed E-state index contributed by atoms with van der Waals surface area (Å²) >= 11 is 0. The van der Waals surface area contributed by atoms with E-state index in [9.17, 15) is 19.5 Å². The summed E-state index contributed by atoms with van der Waals surface area (Å²) < 4.78 is 5.19. The molecule has 0 radical (unpaired) electrons. The van der Waals surface area contributed by atoms with Crippen molar-refractivity contribution in [2.24, 2.45) is 5.92 Å². The Labute approximate surface area is 157 Å². The van der Waals surface area contributed by atoms with Crippen molar-refractivity contribution in [3.63, 3.8) is 0 Å². The lowest BCUT2D eigenvalue weighted by molar-refractivity contribution is -0.134. The van der Waals surface area contributed by atoms with Crippen LogP contribution in [0.5, 0.6) is 5.75 Å². The van der Waals surface area contributed by atoms with Gasteiger partial charge >= 0.3 is 6.03 Å². The zero-order valence-electron chi connectivity index (χ0n) is 15.6. The fourth-order valence-corrected chi connectivity index (χ4v) is 3.42. The molecule has 0 aromatic carbocycles. The molecular formula is C18H24N4O5. The van der Waals surface area contributed by atoms with E-state index in [0.717, 1.165) is 10.5 Å². The highest BCUT2D eigenvalue weighted by molar-refractivity contribution is 6.08. The van der Waals surface area contributed by atoms with Crippen LogP contribution in [-0.4, -0.2) is 58.1 Å². The number of imide groups is 1. The van der Waals surface area contributed by atoms with E-state index in [1.165, 1.54) is 7.11 Å². The molecule has 0 bridgehead atoms. The predicted octanol–water partition coefficient (Wildman–Crippen LogP) is 0.349. The third kappa shape index (κ3) is 3.87.